The van der Waals surface area contributed by atoms with Crippen LogP contribution in [0.2, 0.25) is 0 Å². The normalized spacial score (nSPS) is 3.00. The molecular weight excluding hydrogens is 107 g/mol. The van der Waals surface area contributed by atoms with Gasteiger partial charge >= 0.3 is 19.3 Å². The molecule has 0 aromatic carbocycles. The minimum atomic E-state index is 2.62. The van der Waals surface area contributed by atoms with Crippen molar-refractivity contribution in [1.82, 2.24) is 0 Å². The van der Waals surface area contributed by atoms with Gasteiger partial charge in [0.15, 0.2) is 0 Å². The Balaban J connectivity index is 0. The molecule has 0 aromatic rings. The first-order valence-corrected chi connectivity index (χ1v) is 0.732. The molecule has 0 saturated heterocycles. The van der Waals surface area contributed by atoms with Gasteiger partial charge in [0.1, 0.15) is 0 Å². The van der Waals surface area contributed by atoms with Gasteiger partial charge in [-0.2, -0.15) is 0 Å². The van der Waals surface area contributed by atoms with Crippen LogP contribution in [0.3, 0.4) is 0 Å². The van der Waals surface area contributed by atoms with Crippen LogP contribution >= 0.6 is 0 Å². The molecule has 0 aliphatic heterocycles. The Labute approximate surface area is 30.7 Å². The van der Waals surface area contributed by atoms with Crippen LogP contribution in [-0.4, -0.2) is 10.5 Å². The van der Waals surface area contributed by atoms with Gasteiger partial charge in [-0.1, -0.05) is 0 Å². The molecule has 0 unspecified atom stereocenters. The van der Waals surface area contributed by atoms with Gasteiger partial charge < -0.3 is 0 Å². The van der Waals surface area contributed by atoms with Crippen molar-refractivity contribution in [3.8, 4) is 0 Å². The molecule has 0 bridgehead atoms. The van der Waals surface area contributed by atoms with E-state index in [9.17, 15) is 0 Å². The van der Waals surface area contributed by atoms with Crippen molar-refractivity contribution in [1.29, 1.82) is 0 Å². The first kappa shape index (κ1) is 8.88. The summed E-state index contributed by atoms with van der Waals surface area (Å²) in [7, 11) is 0. The van der Waals surface area contributed by atoms with Gasteiger partial charge in [-0.15, -0.1) is 0 Å². The van der Waals surface area contributed by atoms with E-state index in [-0.39, 0.29) is 0 Å². The van der Waals surface area contributed by atoms with Crippen molar-refractivity contribution in [2.24, 2.45) is 0 Å². The summed E-state index contributed by atoms with van der Waals surface area (Å²) < 4.78 is 7.88. The molecule has 0 amide bonds. The summed E-state index contributed by atoms with van der Waals surface area (Å²) in [6.45, 7) is 0. The van der Waals surface area contributed by atoms with Gasteiger partial charge in [0.05, 0.1) is 0 Å². The van der Waals surface area contributed by atoms with Gasteiger partial charge in [-0.3, -0.25) is 10.5 Å². The second-order valence-electron chi connectivity index (χ2n) is 0. The summed E-state index contributed by atoms with van der Waals surface area (Å²) in [4.78, 5) is 0. The van der Waals surface area contributed by atoms with E-state index in [0.29, 0.717) is 0 Å². The van der Waals surface area contributed by atoms with Crippen molar-refractivity contribution >= 4 is 0 Å². The standard InChI is InChI=1S/Ni.H2O2.O/c;1-2;/h;1-2H;. The maximum absolute atomic E-state index is 7.88. The Bertz CT molecular complexity index is 3.25. The van der Waals surface area contributed by atoms with E-state index in [1.165, 1.54) is 0 Å². The second kappa shape index (κ2) is 345. The summed E-state index contributed by atoms with van der Waals surface area (Å²) in [6, 6.07) is 0. The summed E-state index contributed by atoms with van der Waals surface area (Å²) >= 11 is 2.62. The molecule has 0 saturated carbocycles. The molecule has 30 valence electrons. The fourth-order valence-corrected chi connectivity index (χ4v) is 0. The molecule has 4 heteroatoms. The van der Waals surface area contributed by atoms with Crippen molar-refractivity contribution in [3.05, 3.63) is 0 Å². The van der Waals surface area contributed by atoms with Crippen LogP contribution in [0.5, 0.6) is 0 Å². The Morgan fingerprint density at radius 3 is 1.25 bits per heavy atom. The molecule has 0 fully saturated rings. The fourth-order valence-electron chi connectivity index (χ4n) is 0. The number of rotatable bonds is 0. The van der Waals surface area contributed by atoms with Crippen LogP contribution in [0.15, 0.2) is 0 Å². The van der Waals surface area contributed by atoms with Crippen LogP contribution in [0.1, 0.15) is 0 Å². The molecular formula is H2NiO3. The Hall–Kier alpha value is 0.214. The van der Waals surface area contributed by atoms with Crippen LogP contribution in [0, 0.1) is 0 Å². The molecule has 0 radical (unpaired) electrons. The van der Waals surface area contributed by atoms with E-state index in [0.717, 1.165) is 0 Å². The monoisotopic (exact) mass is 108 g/mol. The molecule has 3 nitrogen and oxygen atoms in total. The minimum absolute atomic E-state index is 2.62. The summed E-state index contributed by atoms with van der Waals surface area (Å²) in [5, 5.41) is 12.0. The van der Waals surface area contributed by atoms with Crippen LogP contribution < -0.4 is 0 Å². The predicted octanol–water partition coefficient (Wildman–Crippen LogP) is -0.104. The average Bonchev–Trinajstić information content (AvgIpc) is 1.50. The average molecular weight is 109 g/mol. The quantitative estimate of drug-likeness (QED) is 0.259. The van der Waals surface area contributed by atoms with Crippen molar-refractivity contribution in [2.75, 3.05) is 0 Å². The van der Waals surface area contributed by atoms with Gasteiger partial charge in [0.25, 0.3) is 0 Å². The zero-order valence-corrected chi connectivity index (χ0v) is 2.61. The summed E-state index contributed by atoms with van der Waals surface area (Å²) in [6.07, 6.45) is 0. The van der Waals surface area contributed by atoms with E-state index < -0.39 is 0 Å². The van der Waals surface area contributed by atoms with Crippen molar-refractivity contribution < 1.29 is 29.8 Å². The third kappa shape index (κ3) is 71.5. The zero-order valence-electron chi connectivity index (χ0n) is 1.62. The third-order valence-corrected chi connectivity index (χ3v) is 0. The van der Waals surface area contributed by atoms with E-state index in [4.69, 9.17) is 14.4 Å². The third-order valence-electron chi connectivity index (χ3n) is 0. The molecule has 2 N–H and O–H groups in total. The number of hydrogen-bond donors (Lipinski definition) is 2. The van der Waals surface area contributed by atoms with Gasteiger partial charge in [0.2, 0.25) is 0 Å². The van der Waals surface area contributed by atoms with Gasteiger partial charge in [-0.05, 0) is 0 Å². The first-order valence-electron chi connectivity index (χ1n) is 0.329. The zero-order chi connectivity index (χ0) is 4.00. The topological polar surface area (TPSA) is 57.5 Å². The summed E-state index contributed by atoms with van der Waals surface area (Å²) in [5.41, 5.74) is 0. The second-order valence-corrected chi connectivity index (χ2v) is 0. The van der Waals surface area contributed by atoms with E-state index in [1.54, 1.807) is 0 Å². The molecule has 0 aliphatic carbocycles. The summed E-state index contributed by atoms with van der Waals surface area (Å²) in [5.74, 6) is 0. The van der Waals surface area contributed by atoms with Crippen LogP contribution in [0.4, 0.5) is 0 Å². The molecule has 0 heterocycles. The maximum atomic E-state index is 7.88. The molecule has 4 heavy (non-hydrogen) atoms. The van der Waals surface area contributed by atoms with Crippen LogP contribution in [-0.2, 0) is 19.3 Å². The van der Waals surface area contributed by atoms with Gasteiger partial charge in [0, 0.05) is 0 Å². The molecule has 0 rings (SSSR count). The Morgan fingerprint density at radius 2 is 1.25 bits per heavy atom. The molecule has 0 aromatic heterocycles. The molecule has 0 spiro atoms. The van der Waals surface area contributed by atoms with E-state index in [2.05, 4.69) is 15.4 Å². The SMILES string of the molecule is OO.[O]=[Ni]. The molecule has 0 aliphatic rings. The number of hydrogen-bond acceptors (Lipinski definition) is 3. The Morgan fingerprint density at radius 1 is 1.25 bits per heavy atom. The van der Waals surface area contributed by atoms with Crippen LogP contribution in [0.25, 0.3) is 0 Å². The predicted molar refractivity (Wildman–Crippen MR) is 5.94 cm³/mol. The molecule has 0 atom stereocenters. The Kier molecular flexibility index (Phi) is 767. The van der Waals surface area contributed by atoms with E-state index in [1.807, 2.05) is 0 Å². The van der Waals surface area contributed by atoms with E-state index >= 15 is 0 Å². The first-order chi connectivity index (χ1) is 2.00. The van der Waals surface area contributed by atoms with Gasteiger partial charge in [-0.25, -0.2) is 0 Å². The van der Waals surface area contributed by atoms with Crippen molar-refractivity contribution in [3.63, 3.8) is 0 Å². The fraction of sp³-hybridized carbons (Fsp3) is 0. The van der Waals surface area contributed by atoms with Crippen molar-refractivity contribution in [2.45, 2.75) is 0 Å².